The largest absolute Gasteiger partial charge is 0.490 e. The van der Waals surface area contributed by atoms with Crippen LogP contribution in [0.5, 0.6) is 11.5 Å². The van der Waals surface area contributed by atoms with Crippen molar-refractivity contribution in [1.29, 1.82) is 0 Å². The van der Waals surface area contributed by atoms with Crippen LogP contribution in [0, 0.1) is 11.8 Å². The minimum Gasteiger partial charge on any atom is -0.490 e. The van der Waals surface area contributed by atoms with Gasteiger partial charge in [0.05, 0.1) is 13.2 Å². The Labute approximate surface area is 126 Å². The number of hydrogen-bond donors (Lipinski definition) is 1. The summed E-state index contributed by atoms with van der Waals surface area (Å²) in [6, 6.07) is 5.44. The van der Waals surface area contributed by atoms with Gasteiger partial charge in [0.15, 0.2) is 17.3 Å². The number of hydrogen-bond acceptors (Lipinski definition) is 4. The summed E-state index contributed by atoms with van der Waals surface area (Å²) in [5.74, 6) is 2.32. The summed E-state index contributed by atoms with van der Waals surface area (Å²) < 4.78 is 11.2. The first-order valence-electron chi connectivity index (χ1n) is 7.73. The summed E-state index contributed by atoms with van der Waals surface area (Å²) in [6.45, 7) is 6.14. The zero-order valence-corrected chi connectivity index (χ0v) is 12.9. The first kappa shape index (κ1) is 15.8. The molecular formula is C17H25NO3. The Hall–Kier alpha value is -1.55. The fourth-order valence-electron chi connectivity index (χ4n) is 2.65. The van der Waals surface area contributed by atoms with Gasteiger partial charge in [-0.05, 0) is 43.0 Å². The summed E-state index contributed by atoms with van der Waals surface area (Å²) in [4.78, 5) is 12.4. The lowest BCUT2D eigenvalue weighted by Crippen LogP contribution is -2.20. The lowest BCUT2D eigenvalue weighted by atomic mass is 9.90. The highest BCUT2D eigenvalue weighted by Crippen LogP contribution is 2.31. The van der Waals surface area contributed by atoms with E-state index < -0.39 is 0 Å². The Kier molecular flexibility index (Phi) is 5.62. The normalized spacial score (nSPS) is 15.6. The van der Waals surface area contributed by atoms with Gasteiger partial charge in [0, 0.05) is 18.4 Å². The fourth-order valence-corrected chi connectivity index (χ4v) is 2.65. The van der Waals surface area contributed by atoms with E-state index in [0.717, 1.165) is 18.6 Å². The number of fused-ring (bicyclic) bond motifs is 1. The first-order valence-corrected chi connectivity index (χ1v) is 7.73. The predicted octanol–water partition coefficient (Wildman–Crippen LogP) is 3.04. The molecule has 1 atom stereocenters. The molecule has 0 spiro atoms. The van der Waals surface area contributed by atoms with Crippen LogP contribution in [-0.2, 0) is 0 Å². The molecule has 1 unspecified atom stereocenters. The van der Waals surface area contributed by atoms with E-state index in [-0.39, 0.29) is 11.7 Å². The van der Waals surface area contributed by atoms with E-state index in [2.05, 4.69) is 13.8 Å². The predicted molar refractivity (Wildman–Crippen MR) is 83.0 cm³/mol. The number of nitrogens with two attached hydrogens (primary N) is 1. The van der Waals surface area contributed by atoms with Gasteiger partial charge in [-0.25, -0.2) is 0 Å². The zero-order valence-electron chi connectivity index (χ0n) is 12.9. The smallest absolute Gasteiger partial charge is 0.163 e. The van der Waals surface area contributed by atoms with Gasteiger partial charge in [-0.15, -0.1) is 0 Å². The van der Waals surface area contributed by atoms with Gasteiger partial charge in [0.2, 0.25) is 0 Å². The molecule has 0 aliphatic carbocycles. The van der Waals surface area contributed by atoms with E-state index in [1.54, 1.807) is 6.07 Å². The monoisotopic (exact) mass is 291 g/mol. The van der Waals surface area contributed by atoms with Gasteiger partial charge in [-0.3, -0.25) is 4.79 Å². The van der Waals surface area contributed by atoms with Crippen LogP contribution in [0.2, 0.25) is 0 Å². The van der Waals surface area contributed by atoms with Gasteiger partial charge in [-0.2, -0.15) is 0 Å². The second kappa shape index (κ2) is 7.46. The Bertz CT molecular complexity index is 485. The molecule has 1 heterocycles. The second-order valence-corrected chi connectivity index (χ2v) is 6.07. The fraction of sp³-hybridized carbons (Fsp3) is 0.588. The van der Waals surface area contributed by atoms with Gasteiger partial charge >= 0.3 is 0 Å². The van der Waals surface area contributed by atoms with E-state index in [1.807, 2.05) is 12.1 Å². The Morgan fingerprint density at radius 2 is 1.95 bits per heavy atom. The number of benzene rings is 1. The molecule has 0 fully saturated rings. The number of ether oxygens (including phenoxy) is 2. The van der Waals surface area contributed by atoms with Gasteiger partial charge < -0.3 is 15.2 Å². The highest BCUT2D eigenvalue weighted by atomic mass is 16.5. The van der Waals surface area contributed by atoms with Crippen molar-refractivity contribution in [3.8, 4) is 11.5 Å². The van der Waals surface area contributed by atoms with Crippen LogP contribution in [0.15, 0.2) is 18.2 Å². The maximum Gasteiger partial charge on any atom is 0.163 e. The summed E-state index contributed by atoms with van der Waals surface area (Å²) in [7, 11) is 0. The van der Waals surface area contributed by atoms with Crippen LogP contribution >= 0.6 is 0 Å². The Morgan fingerprint density at radius 1 is 1.24 bits per heavy atom. The van der Waals surface area contributed by atoms with E-state index in [9.17, 15) is 4.79 Å². The summed E-state index contributed by atoms with van der Waals surface area (Å²) >= 11 is 0. The van der Waals surface area contributed by atoms with E-state index in [1.165, 1.54) is 0 Å². The van der Waals surface area contributed by atoms with Crippen molar-refractivity contribution in [3.05, 3.63) is 23.8 Å². The van der Waals surface area contributed by atoms with Crippen LogP contribution in [0.1, 0.15) is 43.5 Å². The number of Topliss-reactive ketones (excluding diaryl/α,β-unsaturated/α-hetero) is 1. The third kappa shape index (κ3) is 4.46. The topological polar surface area (TPSA) is 61.6 Å². The van der Waals surface area contributed by atoms with E-state index in [0.29, 0.717) is 43.4 Å². The van der Waals surface area contributed by atoms with Crippen molar-refractivity contribution < 1.29 is 14.3 Å². The van der Waals surface area contributed by atoms with Crippen LogP contribution in [0.3, 0.4) is 0 Å². The summed E-state index contributed by atoms with van der Waals surface area (Å²) in [6.07, 6.45) is 2.34. The quantitative estimate of drug-likeness (QED) is 0.818. The number of ketones is 1. The maximum absolute atomic E-state index is 12.4. The maximum atomic E-state index is 12.4. The molecule has 116 valence electrons. The Morgan fingerprint density at radius 3 is 2.62 bits per heavy atom. The Balaban J connectivity index is 2.07. The molecule has 1 aliphatic heterocycles. The molecule has 0 radical (unpaired) electrons. The first-order chi connectivity index (χ1) is 10.1. The van der Waals surface area contributed by atoms with Crippen molar-refractivity contribution >= 4 is 5.78 Å². The number of carbonyl (C=O) groups is 1. The zero-order chi connectivity index (χ0) is 15.2. The van der Waals surface area contributed by atoms with Gasteiger partial charge in [0.1, 0.15) is 0 Å². The third-order valence-electron chi connectivity index (χ3n) is 3.68. The molecule has 2 N–H and O–H groups in total. The van der Waals surface area contributed by atoms with Crippen molar-refractivity contribution in [1.82, 2.24) is 0 Å². The van der Waals surface area contributed by atoms with Crippen molar-refractivity contribution in [3.63, 3.8) is 0 Å². The van der Waals surface area contributed by atoms with Crippen LogP contribution in [-0.4, -0.2) is 25.5 Å². The molecule has 0 aromatic heterocycles. The highest BCUT2D eigenvalue weighted by Gasteiger charge is 2.18. The molecule has 1 aliphatic rings. The average molecular weight is 291 g/mol. The molecule has 4 heteroatoms. The molecule has 1 aromatic carbocycles. The molecule has 21 heavy (non-hydrogen) atoms. The second-order valence-electron chi connectivity index (χ2n) is 6.07. The van der Waals surface area contributed by atoms with E-state index >= 15 is 0 Å². The van der Waals surface area contributed by atoms with Crippen LogP contribution in [0.4, 0.5) is 0 Å². The van der Waals surface area contributed by atoms with Crippen LogP contribution < -0.4 is 15.2 Å². The molecule has 0 bridgehead atoms. The van der Waals surface area contributed by atoms with Crippen LogP contribution in [0.25, 0.3) is 0 Å². The van der Waals surface area contributed by atoms with Crippen molar-refractivity contribution in [2.24, 2.45) is 17.6 Å². The highest BCUT2D eigenvalue weighted by molar-refractivity contribution is 5.96. The molecular weight excluding hydrogens is 266 g/mol. The number of rotatable bonds is 6. The van der Waals surface area contributed by atoms with E-state index in [4.69, 9.17) is 15.2 Å². The summed E-state index contributed by atoms with van der Waals surface area (Å²) in [5.41, 5.74) is 6.46. The average Bonchev–Trinajstić information content (AvgIpc) is 2.70. The minimum atomic E-state index is 0.127. The van der Waals surface area contributed by atoms with Crippen molar-refractivity contribution in [2.75, 3.05) is 19.8 Å². The van der Waals surface area contributed by atoms with Gasteiger partial charge in [0.25, 0.3) is 0 Å². The molecule has 2 rings (SSSR count). The summed E-state index contributed by atoms with van der Waals surface area (Å²) in [5, 5.41) is 0. The molecule has 0 amide bonds. The van der Waals surface area contributed by atoms with Crippen molar-refractivity contribution in [2.45, 2.75) is 33.1 Å². The number of carbonyl (C=O) groups excluding carboxylic acids is 1. The molecule has 1 aromatic rings. The molecule has 0 saturated heterocycles. The lowest BCUT2D eigenvalue weighted by molar-refractivity contribution is 0.0957. The molecule has 0 saturated carbocycles. The minimum absolute atomic E-state index is 0.127. The lowest BCUT2D eigenvalue weighted by Gasteiger charge is -2.16. The van der Waals surface area contributed by atoms with Gasteiger partial charge in [-0.1, -0.05) is 13.8 Å². The molecule has 4 nitrogen and oxygen atoms in total. The standard InChI is InChI=1S/C17H25NO3/c1-12(2)8-13(11-18)9-15(19)14-4-5-16-17(10-14)21-7-3-6-20-16/h4-5,10,12-13H,3,6-9,11,18H2,1-2H3. The SMILES string of the molecule is CC(C)CC(CN)CC(=O)c1ccc2c(c1)OCCCO2. The third-order valence-corrected chi connectivity index (χ3v) is 3.68.